The Bertz CT molecular complexity index is 756. The van der Waals surface area contributed by atoms with Gasteiger partial charge in [-0.15, -0.1) is 0 Å². The standard InChI is InChI=1S/C19H20Cl2N2O/c1-11-7-12(2)9-14(8-11)19(24)18-17(22-5-6-23-18)13-3-4-15(20)16(21)10-13/h3-4,7-10,17-18,22-23H,5-6H2,1-2H3. The fourth-order valence-electron chi connectivity index (χ4n) is 3.25. The van der Waals surface area contributed by atoms with Crippen LogP contribution in [0.5, 0.6) is 0 Å². The molecule has 2 N–H and O–H groups in total. The van der Waals surface area contributed by atoms with Gasteiger partial charge in [0.15, 0.2) is 5.78 Å². The van der Waals surface area contributed by atoms with Crippen LogP contribution in [0, 0.1) is 13.8 Å². The van der Waals surface area contributed by atoms with Gasteiger partial charge in [0.2, 0.25) is 0 Å². The van der Waals surface area contributed by atoms with Crippen molar-refractivity contribution in [2.75, 3.05) is 13.1 Å². The van der Waals surface area contributed by atoms with Crippen molar-refractivity contribution >= 4 is 29.0 Å². The Hall–Kier alpha value is -1.39. The van der Waals surface area contributed by atoms with Crippen LogP contribution in [-0.2, 0) is 0 Å². The highest BCUT2D eigenvalue weighted by Crippen LogP contribution is 2.29. The molecule has 2 atom stereocenters. The van der Waals surface area contributed by atoms with Crippen LogP contribution in [0.15, 0.2) is 36.4 Å². The Morgan fingerprint density at radius 1 is 0.958 bits per heavy atom. The summed E-state index contributed by atoms with van der Waals surface area (Å²) in [5.74, 6) is 0.0880. The molecule has 1 saturated heterocycles. The maximum absolute atomic E-state index is 13.1. The first-order chi connectivity index (χ1) is 11.5. The van der Waals surface area contributed by atoms with Crippen LogP contribution in [0.1, 0.15) is 33.1 Å². The van der Waals surface area contributed by atoms with Crippen LogP contribution in [0.25, 0.3) is 0 Å². The van der Waals surface area contributed by atoms with Gasteiger partial charge in [-0.1, -0.05) is 46.5 Å². The number of ketones is 1. The maximum Gasteiger partial charge on any atom is 0.181 e. The monoisotopic (exact) mass is 362 g/mol. The molecule has 0 amide bonds. The number of Topliss-reactive ketones (excluding diaryl/α,β-unsaturated/α-hetero) is 1. The summed E-state index contributed by atoms with van der Waals surface area (Å²) in [5.41, 5.74) is 3.87. The summed E-state index contributed by atoms with van der Waals surface area (Å²) in [5, 5.41) is 7.79. The molecule has 0 bridgehead atoms. The highest BCUT2D eigenvalue weighted by molar-refractivity contribution is 6.42. The van der Waals surface area contributed by atoms with Crippen molar-refractivity contribution in [1.29, 1.82) is 0 Å². The van der Waals surface area contributed by atoms with Crippen molar-refractivity contribution in [2.45, 2.75) is 25.9 Å². The smallest absolute Gasteiger partial charge is 0.181 e. The van der Waals surface area contributed by atoms with E-state index in [1.54, 1.807) is 6.07 Å². The van der Waals surface area contributed by atoms with Crippen LogP contribution in [-0.4, -0.2) is 24.9 Å². The molecule has 3 nitrogen and oxygen atoms in total. The number of piperazine rings is 1. The Morgan fingerprint density at radius 2 is 1.62 bits per heavy atom. The number of aryl methyl sites for hydroxylation is 2. The lowest BCUT2D eigenvalue weighted by atomic mass is 9.90. The Balaban J connectivity index is 1.94. The van der Waals surface area contributed by atoms with Crippen LogP contribution >= 0.6 is 23.2 Å². The quantitative estimate of drug-likeness (QED) is 0.807. The van der Waals surface area contributed by atoms with Crippen LogP contribution in [0.3, 0.4) is 0 Å². The molecule has 0 aromatic heterocycles. The lowest BCUT2D eigenvalue weighted by molar-refractivity contribution is 0.0905. The third-order valence-corrected chi connectivity index (χ3v) is 5.02. The second kappa shape index (κ2) is 7.24. The number of rotatable bonds is 3. The minimum absolute atomic E-state index is 0.0880. The average molecular weight is 363 g/mol. The largest absolute Gasteiger partial charge is 0.307 e. The fraction of sp³-hybridized carbons (Fsp3) is 0.316. The molecule has 5 heteroatoms. The van der Waals surface area contributed by atoms with Crippen molar-refractivity contribution in [3.05, 3.63) is 68.7 Å². The molecule has 2 aromatic carbocycles. The lowest BCUT2D eigenvalue weighted by Gasteiger charge is -2.33. The minimum Gasteiger partial charge on any atom is -0.307 e. The summed E-state index contributed by atoms with van der Waals surface area (Å²) in [6, 6.07) is 11.0. The predicted molar refractivity (Wildman–Crippen MR) is 99.2 cm³/mol. The molecular formula is C19H20Cl2N2O. The van der Waals surface area contributed by atoms with Gasteiger partial charge in [-0.05, 0) is 43.7 Å². The van der Waals surface area contributed by atoms with Crippen LogP contribution < -0.4 is 10.6 Å². The minimum atomic E-state index is -0.336. The number of halogens is 2. The zero-order chi connectivity index (χ0) is 17.3. The van der Waals surface area contributed by atoms with Gasteiger partial charge in [0.1, 0.15) is 0 Å². The van der Waals surface area contributed by atoms with E-state index in [1.807, 2.05) is 38.1 Å². The van der Waals surface area contributed by atoms with Gasteiger partial charge in [0, 0.05) is 18.7 Å². The topological polar surface area (TPSA) is 41.1 Å². The molecule has 24 heavy (non-hydrogen) atoms. The van der Waals surface area contributed by atoms with Crippen molar-refractivity contribution in [1.82, 2.24) is 10.6 Å². The molecule has 3 rings (SSSR count). The molecule has 1 heterocycles. The van der Waals surface area contributed by atoms with E-state index in [2.05, 4.69) is 16.7 Å². The average Bonchev–Trinajstić information content (AvgIpc) is 2.56. The van der Waals surface area contributed by atoms with Gasteiger partial charge in [-0.25, -0.2) is 0 Å². The first-order valence-electron chi connectivity index (χ1n) is 8.00. The molecule has 2 aromatic rings. The van der Waals surface area contributed by atoms with E-state index in [9.17, 15) is 4.79 Å². The van der Waals surface area contributed by atoms with E-state index in [4.69, 9.17) is 23.2 Å². The van der Waals surface area contributed by atoms with Gasteiger partial charge < -0.3 is 10.6 Å². The van der Waals surface area contributed by atoms with Gasteiger partial charge in [-0.3, -0.25) is 4.79 Å². The lowest BCUT2D eigenvalue weighted by Crippen LogP contribution is -2.54. The van der Waals surface area contributed by atoms with Gasteiger partial charge >= 0.3 is 0 Å². The van der Waals surface area contributed by atoms with Gasteiger partial charge in [-0.2, -0.15) is 0 Å². The van der Waals surface area contributed by atoms with Crippen LogP contribution in [0.4, 0.5) is 0 Å². The van der Waals surface area contributed by atoms with E-state index >= 15 is 0 Å². The molecular weight excluding hydrogens is 343 g/mol. The zero-order valence-electron chi connectivity index (χ0n) is 13.7. The molecule has 1 fully saturated rings. The van der Waals surface area contributed by atoms with Crippen molar-refractivity contribution in [3.63, 3.8) is 0 Å². The van der Waals surface area contributed by atoms with Crippen molar-refractivity contribution in [3.8, 4) is 0 Å². The van der Waals surface area contributed by atoms with Gasteiger partial charge in [0.05, 0.1) is 22.1 Å². The third-order valence-electron chi connectivity index (χ3n) is 4.28. The Labute approximate surface area is 152 Å². The summed E-state index contributed by atoms with van der Waals surface area (Å²) in [6.45, 7) is 5.56. The highest BCUT2D eigenvalue weighted by Gasteiger charge is 2.32. The van der Waals surface area contributed by atoms with E-state index in [0.717, 1.165) is 35.3 Å². The molecule has 2 unspecified atom stereocenters. The van der Waals surface area contributed by atoms with Crippen molar-refractivity contribution < 1.29 is 4.79 Å². The zero-order valence-corrected chi connectivity index (χ0v) is 15.2. The SMILES string of the molecule is Cc1cc(C)cc(C(=O)C2NCCNC2c2ccc(Cl)c(Cl)c2)c1. The Kier molecular flexibility index (Phi) is 5.26. The number of hydrogen-bond donors (Lipinski definition) is 2. The number of carbonyl (C=O) groups is 1. The highest BCUT2D eigenvalue weighted by atomic mass is 35.5. The normalized spacial score (nSPS) is 20.8. The summed E-state index contributed by atoms with van der Waals surface area (Å²) >= 11 is 12.2. The maximum atomic E-state index is 13.1. The summed E-state index contributed by atoms with van der Waals surface area (Å²) in [7, 11) is 0. The van der Waals surface area contributed by atoms with Crippen molar-refractivity contribution in [2.24, 2.45) is 0 Å². The summed E-state index contributed by atoms with van der Waals surface area (Å²) in [4.78, 5) is 13.1. The molecule has 0 radical (unpaired) electrons. The van der Waals surface area contributed by atoms with E-state index in [1.165, 1.54) is 0 Å². The molecule has 1 aliphatic heterocycles. The number of hydrogen-bond acceptors (Lipinski definition) is 3. The first-order valence-corrected chi connectivity index (χ1v) is 8.75. The second-order valence-corrected chi connectivity index (χ2v) is 7.09. The molecule has 0 aliphatic carbocycles. The summed E-state index contributed by atoms with van der Waals surface area (Å²) in [6.07, 6.45) is 0. The molecule has 0 spiro atoms. The number of carbonyl (C=O) groups excluding carboxylic acids is 1. The van der Waals surface area contributed by atoms with E-state index in [0.29, 0.717) is 10.0 Å². The van der Waals surface area contributed by atoms with Gasteiger partial charge in [0.25, 0.3) is 0 Å². The summed E-state index contributed by atoms with van der Waals surface area (Å²) < 4.78 is 0. The number of benzene rings is 2. The van der Waals surface area contributed by atoms with Crippen LogP contribution in [0.2, 0.25) is 10.0 Å². The first kappa shape index (κ1) is 17.4. The number of nitrogens with one attached hydrogen (secondary N) is 2. The van der Waals surface area contributed by atoms with E-state index in [-0.39, 0.29) is 17.9 Å². The Morgan fingerprint density at radius 3 is 2.29 bits per heavy atom. The molecule has 1 aliphatic rings. The second-order valence-electron chi connectivity index (χ2n) is 6.28. The fourth-order valence-corrected chi connectivity index (χ4v) is 3.55. The molecule has 0 saturated carbocycles. The predicted octanol–water partition coefficient (Wildman–Crippen LogP) is 4.10. The third kappa shape index (κ3) is 3.65. The van der Waals surface area contributed by atoms with E-state index < -0.39 is 0 Å². The molecule has 126 valence electrons.